The minimum absolute atomic E-state index is 0.0753. The van der Waals surface area contributed by atoms with Crippen LogP contribution in [0.3, 0.4) is 0 Å². The summed E-state index contributed by atoms with van der Waals surface area (Å²) in [7, 11) is 1.60. The highest BCUT2D eigenvalue weighted by Gasteiger charge is 2.34. The summed E-state index contributed by atoms with van der Waals surface area (Å²) >= 11 is 0. The van der Waals surface area contributed by atoms with Crippen LogP contribution in [-0.2, 0) is 9.47 Å². The number of halogens is 1. The smallest absolute Gasteiger partial charge is 0.335 e. The average Bonchev–Trinajstić information content (AvgIpc) is 2.86. The van der Waals surface area contributed by atoms with Crippen molar-refractivity contribution in [1.82, 2.24) is 0 Å². The fraction of sp³-hybridized carbons (Fsp3) is 0.462. The number of aromatic carboxylic acids is 1. The van der Waals surface area contributed by atoms with Crippen molar-refractivity contribution in [3.8, 4) is 0 Å². The molecule has 1 aliphatic rings. The summed E-state index contributed by atoms with van der Waals surface area (Å²) < 4.78 is 24.4. The Morgan fingerprint density at radius 2 is 2.42 bits per heavy atom. The van der Waals surface area contributed by atoms with E-state index >= 15 is 0 Å². The Kier molecular flexibility index (Phi) is 4.01. The molecule has 1 aromatic carbocycles. The van der Waals surface area contributed by atoms with Crippen molar-refractivity contribution in [3.63, 3.8) is 0 Å². The van der Waals surface area contributed by atoms with Gasteiger partial charge >= 0.3 is 5.97 Å². The zero-order valence-corrected chi connectivity index (χ0v) is 10.6. The molecule has 19 heavy (non-hydrogen) atoms. The molecule has 1 heterocycles. The van der Waals surface area contributed by atoms with Gasteiger partial charge in [-0.2, -0.15) is 0 Å². The van der Waals surface area contributed by atoms with Crippen LogP contribution in [0.2, 0.25) is 0 Å². The highest BCUT2D eigenvalue weighted by molar-refractivity contribution is 5.88. The Balaban J connectivity index is 2.05. The zero-order chi connectivity index (χ0) is 13.9. The number of nitrogens with one attached hydrogen (secondary N) is 1. The molecular formula is C13H16FNO4. The van der Waals surface area contributed by atoms with Crippen molar-refractivity contribution in [2.75, 3.05) is 32.2 Å². The Bertz CT molecular complexity index is 472. The second-order valence-electron chi connectivity index (χ2n) is 4.54. The van der Waals surface area contributed by atoms with Crippen molar-refractivity contribution in [1.29, 1.82) is 0 Å². The van der Waals surface area contributed by atoms with E-state index in [2.05, 4.69) is 5.32 Å². The standard InChI is InChI=1S/C13H16FNO4/c1-18-13(4-5-19-8-13)7-15-11-3-2-9(12(16)17)6-10(11)14/h2-3,6,15H,4-5,7-8H2,1H3,(H,16,17). The summed E-state index contributed by atoms with van der Waals surface area (Å²) in [6, 6.07) is 3.77. The van der Waals surface area contributed by atoms with E-state index in [9.17, 15) is 9.18 Å². The lowest BCUT2D eigenvalue weighted by atomic mass is 10.0. The van der Waals surface area contributed by atoms with Crippen LogP contribution in [0.25, 0.3) is 0 Å². The molecule has 2 N–H and O–H groups in total. The maximum atomic E-state index is 13.7. The molecule has 0 bridgehead atoms. The molecule has 2 rings (SSSR count). The molecule has 104 valence electrons. The van der Waals surface area contributed by atoms with Crippen LogP contribution in [-0.4, -0.2) is 43.5 Å². The van der Waals surface area contributed by atoms with Crippen molar-refractivity contribution in [3.05, 3.63) is 29.6 Å². The number of rotatable bonds is 5. The summed E-state index contributed by atoms with van der Waals surface area (Å²) in [5.41, 5.74) is -0.264. The van der Waals surface area contributed by atoms with E-state index in [0.29, 0.717) is 19.8 Å². The van der Waals surface area contributed by atoms with Gasteiger partial charge in [-0.1, -0.05) is 0 Å². The van der Waals surface area contributed by atoms with E-state index < -0.39 is 17.4 Å². The normalized spacial score (nSPS) is 22.4. The van der Waals surface area contributed by atoms with Crippen molar-refractivity contribution in [2.45, 2.75) is 12.0 Å². The monoisotopic (exact) mass is 269 g/mol. The molecule has 1 fully saturated rings. The molecule has 1 aromatic rings. The quantitative estimate of drug-likeness (QED) is 0.852. The highest BCUT2D eigenvalue weighted by Crippen LogP contribution is 2.24. The fourth-order valence-electron chi connectivity index (χ4n) is 2.01. The second-order valence-corrected chi connectivity index (χ2v) is 4.54. The number of methoxy groups -OCH3 is 1. The van der Waals surface area contributed by atoms with Crippen LogP contribution in [0, 0.1) is 5.82 Å². The van der Waals surface area contributed by atoms with E-state index in [1.54, 1.807) is 7.11 Å². The first-order valence-corrected chi connectivity index (χ1v) is 5.96. The van der Waals surface area contributed by atoms with Crippen LogP contribution in [0.1, 0.15) is 16.8 Å². The SMILES string of the molecule is COC1(CNc2ccc(C(=O)O)cc2F)CCOC1. The predicted molar refractivity (Wildman–Crippen MR) is 67.0 cm³/mol. The van der Waals surface area contributed by atoms with E-state index in [4.69, 9.17) is 14.6 Å². The van der Waals surface area contributed by atoms with Crippen molar-refractivity contribution < 1.29 is 23.8 Å². The number of hydrogen-bond acceptors (Lipinski definition) is 4. The van der Waals surface area contributed by atoms with Crippen LogP contribution in [0.5, 0.6) is 0 Å². The third kappa shape index (κ3) is 3.02. The second kappa shape index (κ2) is 5.54. The van der Waals surface area contributed by atoms with E-state index in [1.807, 2.05) is 0 Å². The Hall–Kier alpha value is -1.66. The molecule has 0 aliphatic carbocycles. The minimum atomic E-state index is -1.15. The number of carboxylic acid groups (broad SMARTS) is 1. The van der Waals surface area contributed by atoms with Gasteiger partial charge in [0.1, 0.15) is 11.4 Å². The maximum absolute atomic E-state index is 13.7. The van der Waals surface area contributed by atoms with E-state index in [1.165, 1.54) is 12.1 Å². The maximum Gasteiger partial charge on any atom is 0.335 e. The van der Waals surface area contributed by atoms with E-state index in [-0.39, 0.29) is 11.3 Å². The van der Waals surface area contributed by atoms with Crippen molar-refractivity contribution >= 4 is 11.7 Å². The largest absolute Gasteiger partial charge is 0.478 e. The zero-order valence-electron chi connectivity index (χ0n) is 10.6. The van der Waals surface area contributed by atoms with Gasteiger partial charge in [-0.05, 0) is 18.2 Å². The number of carbonyl (C=O) groups is 1. The van der Waals surface area contributed by atoms with Gasteiger partial charge in [-0.15, -0.1) is 0 Å². The first-order chi connectivity index (χ1) is 9.06. The third-order valence-corrected chi connectivity index (χ3v) is 3.32. The van der Waals surface area contributed by atoms with Gasteiger partial charge < -0.3 is 19.9 Å². The van der Waals surface area contributed by atoms with Crippen LogP contribution in [0.4, 0.5) is 10.1 Å². The van der Waals surface area contributed by atoms with Gasteiger partial charge in [-0.25, -0.2) is 9.18 Å². The number of benzene rings is 1. The van der Waals surface area contributed by atoms with Gasteiger partial charge in [0.05, 0.1) is 17.9 Å². The molecule has 0 spiro atoms. The molecule has 1 aliphatic heterocycles. The molecule has 1 unspecified atom stereocenters. The molecule has 0 radical (unpaired) electrons. The van der Waals surface area contributed by atoms with Crippen LogP contribution < -0.4 is 5.32 Å². The number of anilines is 1. The lowest BCUT2D eigenvalue weighted by molar-refractivity contribution is -0.00624. The summed E-state index contributed by atoms with van der Waals surface area (Å²) in [5.74, 6) is -1.74. The molecule has 0 saturated carbocycles. The predicted octanol–water partition coefficient (Wildman–Crippen LogP) is 1.74. The summed E-state index contributed by atoms with van der Waals surface area (Å²) in [6.07, 6.45) is 0.741. The van der Waals surface area contributed by atoms with Crippen LogP contribution in [0.15, 0.2) is 18.2 Å². The number of hydrogen-bond donors (Lipinski definition) is 2. The number of carboxylic acids is 1. The number of ether oxygens (including phenoxy) is 2. The average molecular weight is 269 g/mol. The summed E-state index contributed by atoms with van der Waals surface area (Å²) in [4.78, 5) is 10.7. The highest BCUT2D eigenvalue weighted by atomic mass is 19.1. The Labute approximate surface area is 110 Å². The Morgan fingerprint density at radius 1 is 1.63 bits per heavy atom. The molecule has 6 heteroatoms. The summed E-state index contributed by atoms with van der Waals surface area (Å²) in [6.45, 7) is 1.49. The van der Waals surface area contributed by atoms with Gasteiger partial charge in [0.2, 0.25) is 0 Å². The summed E-state index contributed by atoms with van der Waals surface area (Å²) in [5, 5.41) is 11.7. The lowest BCUT2D eigenvalue weighted by Gasteiger charge is -2.26. The van der Waals surface area contributed by atoms with E-state index in [0.717, 1.165) is 12.5 Å². The van der Waals surface area contributed by atoms with Crippen LogP contribution >= 0.6 is 0 Å². The topological polar surface area (TPSA) is 67.8 Å². The molecule has 0 amide bonds. The van der Waals surface area contributed by atoms with Gasteiger partial charge in [-0.3, -0.25) is 0 Å². The fourth-order valence-corrected chi connectivity index (χ4v) is 2.01. The van der Waals surface area contributed by atoms with Gasteiger partial charge in [0, 0.05) is 26.7 Å². The molecular weight excluding hydrogens is 253 g/mol. The third-order valence-electron chi connectivity index (χ3n) is 3.32. The molecule has 1 atom stereocenters. The molecule has 0 aromatic heterocycles. The first-order valence-electron chi connectivity index (χ1n) is 5.96. The minimum Gasteiger partial charge on any atom is -0.478 e. The van der Waals surface area contributed by atoms with Gasteiger partial charge in [0.25, 0.3) is 0 Å². The lowest BCUT2D eigenvalue weighted by Crippen LogP contribution is -2.39. The first kappa shape index (κ1) is 13.8. The molecule has 1 saturated heterocycles. The Morgan fingerprint density at radius 3 is 2.95 bits per heavy atom. The van der Waals surface area contributed by atoms with Gasteiger partial charge in [0.15, 0.2) is 0 Å². The van der Waals surface area contributed by atoms with Crippen molar-refractivity contribution in [2.24, 2.45) is 0 Å². The molecule has 5 nitrogen and oxygen atoms in total.